The number of allylic oxidation sites excluding steroid dienone is 2. The van der Waals surface area contributed by atoms with Crippen molar-refractivity contribution in [1.82, 2.24) is 10.2 Å². The van der Waals surface area contributed by atoms with Gasteiger partial charge in [-0.25, -0.2) is 4.79 Å². The summed E-state index contributed by atoms with van der Waals surface area (Å²) in [6.07, 6.45) is 8.35. The van der Waals surface area contributed by atoms with Crippen molar-refractivity contribution in [3.8, 4) is 0 Å². The molecule has 1 amide bonds. The summed E-state index contributed by atoms with van der Waals surface area (Å²) in [4.78, 5) is 23.6. The average molecular weight is 358 g/mol. The molecule has 2 N–H and O–H groups in total. The number of ether oxygens (including phenoxy) is 1. The van der Waals surface area contributed by atoms with Gasteiger partial charge in [0.25, 0.3) is 0 Å². The second kappa shape index (κ2) is 11.1. The predicted octanol–water partition coefficient (Wildman–Crippen LogP) is 2.62. The first-order chi connectivity index (χ1) is 12.6. The number of piperazine rings is 1. The van der Waals surface area contributed by atoms with E-state index >= 15 is 0 Å². The smallest absolute Gasteiger partial charge is 0.410 e. The molecule has 0 unspecified atom stereocenters. The number of benzene rings is 1. The molecule has 1 aliphatic heterocycles. The highest BCUT2D eigenvalue weighted by atomic mass is 16.6. The minimum atomic E-state index is -0.786. The Morgan fingerprint density at radius 1 is 1.12 bits per heavy atom. The molecule has 1 aliphatic carbocycles. The Morgan fingerprint density at radius 3 is 2.46 bits per heavy atom. The Kier molecular flexibility index (Phi) is 8.42. The highest BCUT2D eigenvalue weighted by molar-refractivity contribution is 5.70. The zero-order valence-electron chi connectivity index (χ0n) is 14.9. The van der Waals surface area contributed by atoms with Crippen LogP contribution in [-0.2, 0) is 16.0 Å². The minimum Gasteiger partial charge on any atom is -0.481 e. The number of carboxylic acids is 1. The summed E-state index contributed by atoms with van der Waals surface area (Å²) in [7, 11) is 0. The summed E-state index contributed by atoms with van der Waals surface area (Å²) in [5, 5.41) is 11.6. The minimum absolute atomic E-state index is 0.112. The molecule has 0 saturated carbocycles. The van der Waals surface area contributed by atoms with Gasteiger partial charge in [0.05, 0.1) is 6.42 Å². The van der Waals surface area contributed by atoms with E-state index in [4.69, 9.17) is 9.84 Å². The van der Waals surface area contributed by atoms with E-state index < -0.39 is 5.97 Å². The van der Waals surface area contributed by atoms with Crippen LogP contribution in [0.2, 0.25) is 0 Å². The Bertz CT molecular complexity index is 634. The number of carbonyl (C=O) groups excluding carboxylic acids is 1. The van der Waals surface area contributed by atoms with Crippen LogP contribution in [-0.4, -0.2) is 54.9 Å². The maximum atomic E-state index is 11.7. The van der Waals surface area contributed by atoms with Crippen molar-refractivity contribution in [2.24, 2.45) is 0 Å². The Morgan fingerprint density at radius 2 is 1.85 bits per heavy atom. The first kappa shape index (κ1) is 19.7. The number of carbonyl (C=O) groups is 2. The van der Waals surface area contributed by atoms with E-state index in [9.17, 15) is 9.59 Å². The fourth-order valence-corrected chi connectivity index (χ4v) is 2.63. The molecule has 6 nitrogen and oxygen atoms in total. The van der Waals surface area contributed by atoms with E-state index in [1.54, 1.807) is 17.0 Å². The molecule has 0 radical (unpaired) electrons. The lowest BCUT2D eigenvalue weighted by molar-refractivity contribution is -0.136. The molecule has 0 spiro atoms. The monoisotopic (exact) mass is 358 g/mol. The third-order valence-electron chi connectivity index (χ3n) is 4.01. The van der Waals surface area contributed by atoms with Crippen molar-refractivity contribution in [2.75, 3.05) is 32.8 Å². The molecule has 0 bridgehead atoms. The van der Waals surface area contributed by atoms with Crippen molar-refractivity contribution in [3.05, 3.63) is 59.7 Å². The van der Waals surface area contributed by atoms with E-state index in [-0.39, 0.29) is 12.5 Å². The summed E-state index contributed by atoms with van der Waals surface area (Å²) >= 11 is 0. The Hall–Kier alpha value is -2.60. The van der Waals surface area contributed by atoms with Crippen LogP contribution in [0.15, 0.2) is 54.1 Å². The number of aliphatic carboxylic acids is 1. The lowest BCUT2D eigenvalue weighted by atomic mass is 10.1. The number of rotatable bonds is 4. The molecule has 26 heavy (non-hydrogen) atoms. The van der Waals surface area contributed by atoms with Gasteiger partial charge in [-0.3, -0.25) is 4.79 Å². The van der Waals surface area contributed by atoms with Gasteiger partial charge in [0.15, 0.2) is 0 Å². The van der Waals surface area contributed by atoms with E-state index in [0.717, 1.165) is 50.2 Å². The molecule has 1 aromatic rings. The van der Waals surface area contributed by atoms with Gasteiger partial charge >= 0.3 is 12.1 Å². The van der Waals surface area contributed by atoms with Crippen LogP contribution in [0.5, 0.6) is 0 Å². The zero-order chi connectivity index (χ0) is 18.6. The SMILES string of the molecule is O=C(O)Cc1ccccc1.O=C(OCC1=CCCC=C1)N1CCNCC1. The summed E-state index contributed by atoms with van der Waals surface area (Å²) in [6.45, 7) is 3.61. The first-order valence-electron chi connectivity index (χ1n) is 8.89. The molecule has 140 valence electrons. The lowest BCUT2D eigenvalue weighted by Crippen LogP contribution is -2.46. The van der Waals surface area contributed by atoms with E-state index in [1.807, 2.05) is 24.3 Å². The van der Waals surface area contributed by atoms with Crippen molar-refractivity contribution in [1.29, 1.82) is 0 Å². The molecule has 0 atom stereocenters. The third kappa shape index (κ3) is 7.53. The summed E-state index contributed by atoms with van der Waals surface area (Å²) in [5.74, 6) is -0.786. The van der Waals surface area contributed by atoms with Crippen molar-refractivity contribution < 1.29 is 19.4 Å². The second-order valence-electron chi connectivity index (χ2n) is 6.11. The van der Waals surface area contributed by atoms with Crippen LogP contribution in [0.25, 0.3) is 0 Å². The van der Waals surface area contributed by atoms with Crippen LogP contribution in [0.1, 0.15) is 18.4 Å². The number of amides is 1. The average Bonchev–Trinajstić information content (AvgIpc) is 2.68. The summed E-state index contributed by atoms with van der Waals surface area (Å²) in [5.41, 5.74) is 1.95. The maximum absolute atomic E-state index is 11.7. The maximum Gasteiger partial charge on any atom is 0.410 e. The van der Waals surface area contributed by atoms with E-state index in [0.29, 0.717) is 6.61 Å². The standard InChI is InChI=1S/C12H18N2O2.C8H8O2/c15-12(14-8-6-13-7-9-14)16-10-11-4-2-1-3-5-11;9-8(10)6-7-4-2-1-3-5-7/h2,4-5,13H,1,3,6-10H2;1-5H,6H2,(H,9,10). The molecular weight excluding hydrogens is 332 g/mol. The van der Waals surface area contributed by atoms with Crippen LogP contribution in [0, 0.1) is 0 Å². The van der Waals surface area contributed by atoms with Crippen LogP contribution in [0.3, 0.4) is 0 Å². The zero-order valence-corrected chi connectivity index (χ0v) is 14.9. The third-order valence-corrected chi connectivity index (χ3v) is 4.01. The number of nitrogens with zero attached hydrogens (tertiary/aromatic N) is 1. The molecule has 1 aromatic carbocycles. The highest BCUT2D eigenvalue weighted by Crippen LogP contribution is 2.10. The van der Waals surface area contributed by atoms with Crippen molar-refractivity contribution >= 4 is 12.1 Å². The van der Waals surface area contributed by atoms with Crippen LogP contribution < -0.4 is 5.32 Å². The molecule has 1 heterocycles. The molecule has 1 saturated heterocycles. The largest absolute Gasteiger partial charge is 0.481 e. The van der Waals surface area contributed by atoms with Gasteiger partial charge in [-0.05, 0) is 24.0 Å². The Labute approximate surface area is 154 Å². The number of nitrogens with one attached hydrogen (secondary N) is 1. The molecule has 0 aromatic heterocycles. The topological polar surface area (TPSA) is 78.9 Å². The molecular formula is C20H26N2O4. The van der Waals surface area contributed by atoms with Crippen LogP contribution >= 0.6 is 0 Å². The van der Waals surface area contributed by atoms with Gasteiger partial charge in [-0.1, -0.05) is 48.6 Å². The van der Waals surface area contributed by atoms with E-state index in [1.165, 1.54) is 0 Å². The fourth-order valence-electron chi connectivity index (χ4n) is 2.63. The number of hydrogen-bond acceptors (Lipinski definition) is 4. The van der Waals surface area contributed by atoms with Gasteiger partial charge in [0.2, 0.25) is 0 Å². The second-order valence-corrected chi connectivity index (χ2v) is 6.11. The fraction of sp³-hybridized carbons (Fsp3) is 0.400. The van der Waals surface area contributed by atoms with Gasteiger partial charge < -0.3 is 20.1 Å². The molecule has 2 aliphatic rings. The Balaban J connectivity index is 0.000000209. The van der Waals surface area contributed by atoms with Gasteiger partial charge in [0.1, 0.15) is 6.61 Å². The quantitative estimate of drug-likeness (QED) is 0.865. The number of carboxylic acid groups (broad SMARTS) is 1. The first-order valence-corrected chi connectivity index (χ1v) is 8.89. The van der Waals surface area contributed by atoms with Crippen LogP contribution in [0.4, 0.5) is 4.79 Å². The summed E-state index contributed by atoms with van der Waals surface area (Å²) in [6, 6.07) is 9.13. The summed E-state index contributed by atoms with van der Waals surface area (Å²) < 4.78 is 5.26. The lowest BCUT2D eigenvalue weighted by Gasteiger charge is -2.26. The predicted molar refractivity (Wildman–Crippen MR) is 100 cm³/mol. The van der Waals surface area contributed by atoms with E-state index in [2.05, 4.69) is 17.5 Å². The number of hydrogen-bond donors (Lipinski definition) is 2. The molecule has 1 fully saturated rings. The molecule has 6 heteroatoms. The molecule has 3 rings (SSSR count). The van der Waals surface area contributed by atoms with Gasteiger partial charge in [-0.15, -0.1) is 0 Å². The normalized spacial score (nSPS) is 16.2. The van der Waals surface area contributed by atoms with Crippen molar-refractivity contribution in [2.45, 2.75) is 19.3 Å². The van der Waals surface area contributed by atoms with Gasteiger partial charge in [-0.2, -0.15) is 0 Å². The van der Waals surface area contributed by atoms with Crippen molar-refractivity contribution in [3.63, 3.8) is 0 Å². The van der Waals surface area contributed by atoms with Gasteiger partial charge in [0, 0.05) is 26.2 Å². The highest BCUT2D eigenvalue weighted by Gasteiger charge is 2.17.